The molecule has 2 aromatic heterocycles. The molecule has 2 aromatic rings. The predicted octanol–water partition coefficient (Wildman–Crippen LogP) is 1.59. The van der Waals surface area contributed by atoms with Gasteiger partial charge in [0.2, 0.25) is 0 Å². The summed E-state index contributed by atoms with van der Waals surface area (Å²) in [4.78, 5) is 15.3. The Hall–Kier alpha value is -1.35. The van der Waals surface area contributed by atoms with Crippen LogP contribution in [0, 0.1) is 0 Å². The van der Waals surface area contributed by atoms with Crippen LogP contribution in [-0.2, 0) is 7.05 Å². The van der Waals surface area contributed by atoms with Gasteiger partial charge in [-0.05, 0) is 18.2 Å². The minimum absolute atomic E-state index is 0.0448. The molecule has 0 N–H and O–H groups in total. The second-order valence-electron chi connectivity index (χ2n) is 2.77. The van der Waals surface area contributed by atoms with E-state index in [1.165, 1.54) is 6.07 Å². The SMILES string of the molecule is Cn1c(=O)ccc2nc(Cl)ccc21. The van der Waals surface area contributed by atoms with Gasteiger partial charge in [0.15, 0.2) is 0 Å². The van der Waals surface area contributed by atoms with E-state index in [1.54, 1.807) is 29.8 Å². The fraction of sp³-hybridized carbons (Fsp3) is 0.111. The fourth-order valence-electron chi connectivity index (χ4n) is 1.23. The summed E-state index contributed by atoms with van der Waals surface area (Å²) in [6, 6.07) is 6.60. The van der Waals surface area contributed by atoms with Crippen molar-refractivity contribution in [1.82, 2.24) is 9.55 Å². The highest BCUT2D eigenvalue weighted by atomic mass is 35.5. The Balaban J connectivity index is 2.95. The number of aryl methyl sites for hydroxylation is 1. The lowest BCUT2D eigenvalue weighted by molar-refractivity contribution is 0.903. The average Bonchev–Trinajstić information content (AvgIpc) is 2.12. The van der Waals surface area contributed by atoms with E-state index in [9.17, 15) is 4.79 Å². The molecule has 0 aliphatic carbocycles. The fourth-order valence-corrected chi connectivity index (χ4v) is 1.38. The van der Waals surface area contributed by atoms with Crippen molar-refractivity contribution >= 4 is 22.6 Å². The standard InChI is InChI=1S/C9H7ClN2O/c1-12-7-3-4-8(10)11-6(7)2-5-9(12)13/h2-5H,1H3. The van der Waals surface area contributed by atoms with E-state index in [0.29, 0.717) is 5.15 Å². The number of nitrogens with zero attached hydrogens (tertiary/aromatic N) is 2. The van der Waals surface area contributed by atoms with E-state index in [4.69, 9.17) is 11.6 Å². The Morgan fingerprint density at radius 1 is 1.31 bits per heavy atom. The summed E-state index contributed by atoms with van der Waals surface area (Å²) in [6.45, 7) is 0. The van der Waals surface area contributed by atoms with Crippen molar-refractivity contribution in [1.29, 1.82) is 0 Å². The largest absolute Gasteiger partial charge is 0.310 e. The van der Waals surface area contributed by atoms with Crippen LogP contribution in [0.4, 0.5) is 0 Å². The molecule has 4 heteroatoms. The normalized spacial score (nSPS) is 10.6. The molecule has 0 saturated carbocycles. The summed E-state index contributed by atoms with van der Waals surface area (Å²) in [5, 5.41) is 0.436. The molecule has 2 rings (SSSR count). The lowest BCUT2D eigenvalue weighted by atomic mass is 10.3. The van der Waals surface area contributed by atoms with Gasteiger partial charge in [0.05, 0.1) is 11.0 Å². The van der Waals surface area contributed by atoms with Gasteiger partial charge in [0.25, 0.3) is 5.56 Å². The summed E-state index contributed by atoms with van der Waals surface area (Å²) in [5.41, 5.74) is 1.48. The van der Waals surface area contributed by atoms with Gasteiger partial charge in [-0.2, -0.15) is 0 Å². The zero-order valence-electron chi connectivity index (χ0n) is 6.99. The van der Waals surface area contributed by atoms with Crippen LogP contribution in [0.25, 0.3) is 11.0 Å². The van der Waals surface area contributed by atoms with Crippen LogP contribution in [0.5, 0.6) is 0 Å². The van der Waals surface area contributed by atoms with Crippen molar-refractivity contribution < 1.29 is 0 Å². The maximum absolute atomic E-state index is 11.2. The van der Waals surface area contributed by atoms with Crippen LogP contribution < -0.4 is 5.56 Å². The van der Waals surface area contributed by atoms with Gasteiger partial charge in [0, 0.05) is 13.1 Å². The summed E-state index contributed by atoms with van der Waals surface area (Å²) < 4.78 is 1.54. The van der Waals surface area contributed by atoms with E-state index >= 15 is 0 Å². The molecule has 0 bridgehead atoms. The monoisotopic (exact) mass is 194 g/mol. The molecule has 0 aliphatic rings. The quantitative estimate of drug-likeness (QED) is 0.597. The first-order valence-electron chi connectivity index (χ1n) is 3.81. The highest BCUT2D eigenvalue weighted by molar-refractivity contribution is 6.29. The molecule has 0 saturated heterocycles. The van der Waals surface area contributed by atoms with Gasteiger partial charge >= 0.3 is 0 Å². The lowest BCUT2D eigenvalue weighted by Gasteiger charge is -2.02. The number of halogens is 1. The van der Waals surface area contributed by atoms with Gasteiger partial charge in [0.1, 0.15) is 5.15 Å². The molecule has 0 amide bonds. The van der Waals surface area contributed by atoms with Gasteiger partial charge < -0.3 is 4.57 Å². The van der Waals surface area contributed by atoms with Crippen molar-refractivity contribution in [3.05, 3.63) is 39.8 Å². The summed E-state index contributed by atoms with van der Waals surface area (Å²) in [6.07, 6.45) is 0. The highest BCUT2D eigenvalue weighted by Crippen LogP contribution is 2.12. The van der Waals surface area contributed by atoms with Gasteiger partial charge in [-0.1, -0.05) is 11.6 Å². The van der Waals surface area contributed by atoms with Crippen molar-refractivity contribution in [3.63, 3.8) is 0 Å². The van der Waals surface area contributed by atoms with Gasteiger partial charge in [-0.25, -0.2) is 4.98 Å². The number of hydrogen-bond donors (Lipinski definition) is 0. The van der Waals surface area contributed by atoms with Crippen LogP contribution in [0.3, 0.4) is 0 Å². The van der Waals surface area contributed by atoms with E-state index in [1.807, 2.05) is 0 Å². The maximum atomic E-state index is 11.2. The third kappa shape index (κ3) is 1.31. The zero-order chi connectivity index (χ0) is 9.42. The smallest absolute Gasteiger partial charge is 0.250 e. The molecule has 0 fully saturated rings. The van der Waals surface area contributed by atoms with Crippen LogP contribution in [0.1, 0.15) is 0 Å². The lowest BCUT2D eigenvalue weighted by Crippen LogP contribution is -2.15. The van der Waals surface area contributed by atoms with Gasteiger partial charge in [-0.15, -0.1) is 0 Å². The zero-order valence-corrected chi connectivity index (χ0v) is 7.75. The second-order valence-corrected chi connectivity index (χ2v) is 3.16. The predicted molar refractivity (Wildman–Crippen MR) is 52.0 cm³/mol. The van der Waals surface area contributed by atoms with E-state index in [0.717, 1.165) is 11.0 Å². The number of rotatable bonds is 0. The molecule has 0 aliphatic heterocycles. The van der Waals surface area contributed by atoms with Crippen molar-refractivity contribution in [2.45, 2.75) is 0 Å². The van der Waals surface area contributed by atoms with Crippen LogP contribution in [-0.4, -0.2) is 9.55 Å². The molecule has 0 atom stereocenters. The Bertz CT molecular complexity index is 518. The topological polar surface area (TPSA) is 34.9 Å². The highest BCUT2D eigenvalue weighted by Gasteiger charge is 1.99. The first-order valence-corrected chi connectivity index (χ1v) is 4.18. The van der Waals surface area contributed by atoms with Crippen LogP contribution in [0.2, 0.25) is 5.15 Å². The Labute approximate surface area is 79.6 Å². The third-order valence-corrected chi connectivity index (χ3v) is 2.15. The van der Waals surface area contributed by atoms with E-state index in [-0.39, 0.29) is 5.56 Å². The minimum Gasteiger partial charge on any atom is -0.310 e. The molecular weight excluding hydrogens is 188 g/mol. The van der Waals surface area contributed by atoms with Crippen LogP contribution in [0.15, 0.2) is 29.1 Å². The second kappa shape index (κ2) is 2.85. The first-order chi connectivity index (χ1) is 6.18. The third-order valence-electron chi connectivity index (χ3n) is 1.94. The van der Waals surface area contributed by atoms with Crippen molar-refractivity contribution in [2.75, 3.05) is 0 Å². The first kappa shape index (κ1) is 8.26. The molecule has 0 radical (unpaired) electrons. The molecule has 66 valence electrons. The molecule has 0 aromatic carbocycles. The molecule has 13 heavy (non-hydrogen) atoms. The Morgan fingerprint density at radius 2 is 2.08 bits per heavy atom. The number of fused-ring (bicyclic) bond motifs is 1. The maximum Gasteiger partial charge on any atom is 0.250 e. The van der Waals surface area contributed by atoms with E-state index in [2.05, 4.69) is 4.98 Å². The summed E-state index contributed by atoms with van der Waals surface area (Å²) in [5.74, 6) is 0. The van der Waals surface area contributed by atoms with Crippen molar-refractivity contribution in [2.24, 2.45) is 7.05 Å². The number of hydrogen-bond acceptors (Lipinski definition) is 2. The number of aromatic nitrogens is 2. The summed E-state index contributed by atoms with van der Waals surface area (Å²) in [7, 11) is 1.71. The molecule has 3 nitrogen and oxygen atoms in total. The molecule has 0 unspecified atom stereocenters. The molecule has 0 spiro atoms. The minimum atomic E-state index is -0.0448. The molecular formula is C9H7ClN2O. The van der Waals surface area contributed by atoms with Crippen LogP contribution >= 0.6 is 11.6 Å². The van der Waals surface area contributed by atoms with E-state index < -0.39 is 0 Å². The van der Waals surface area contributed by atoms with Crippen molar-refractivity contribution in [3.8, 4) is 0 Å². The number of pyridine rings is 2. The van der Waals surface area contributed by atoms with Gasteiger partial charge in [-0.3, -0.25) is 4.79 Å². The average molecular weight is 195 g/mol. The molecule has 2 heterocycles. The summed E-state index contributed by atoms with van der Waals surface area (Å²) >= 11 is 5.71. The Morgan fingerprint density at radius 3 is 2.85 bits per heavy atom. The Kier molecular flexibility index (Phi) is 1.81.